The van der Waals surface area contributed by atoms with Crippen molar-refractivity contribution >= 4 is 17.6 Å². The molecule has 0 aromatic carbocycles. The molecule has 0 radical (unpaired) electrons. The second-order valence-electron chi connectivity index (χ2n) is 5.56. The maximum absolute atomic E-state index is 12.5. The molecule has 0 unspecified atom stereocenters. The maximum Gasteiger partial charge on any atom is 0.422 e. The van der Waals surface area contributed by atoms with E-state index in [1.807, 2.05) is 0 Å². The summed E-state index contributed by atoms with van der Waals surface area (Å²) in [5.74, 6) is -0.949. The zero-order valence-corrected chi connectivity index (χ0v) is 13.9. The van der Waals surface area contributed by atoms with Crippen molar-refractivity contribution in [3.63, 3.8) is 0 Å². The zero-order chi connectivity index (χ0) is 19.6. The molecule has 1 aliphatic heterocycles. The number of nitrogens with one attached hydrogen (secondary N) is 1. The van der Waals surface area contributed by atoms with Gasteiger partial charge in [0, 0.05) is 30.3 Å². The number of nitrogens with zero attached hydrogens (tertiary/aromatic N) is 3. The molecule has 2 aromatic rings. The molecule has 27 heavy (non-hydrogen) atoms. The van der Waals surface area contributed by atoms with Crippen LogP contribution in [-0.2, 0) is 11.3 Å². The maximum atomic E-state index is 12.5. The van der Waals surface area contributed by atoms with Crippen LogP contribution in [0.4, 0.5) is 19.0 Å². The molecule has 0 saturated heterocycles. The standard InChI is InChI=1S/C16H13F3N4O4/c1-9(24)21-12-6-10(4-5-20-12)15(25)23-7-11-2-3-13(22-14(11)27-23)26-8-16(17,18)19/h2-6H,7-8H2,1H3,(H,20,21,24). The lowest BCUT2D eigenvalue weighted by Gasteiger charge is -2.14. The number of carbonyl (C=O) groups is 2. The Hall–Kier alpha value is -3.37. The number of halogens is 3. The lowest BCUT2D eigenvalue weighted by molar-refractivity contribution is -0.154. The molecule has 0 atom stereocenters. The molecule has 8 nitrogen and oxygen atoms in total. The Morgan fingerprint density at radius 1 is 1.33 bits per heavy atom. The van der Waals surface area contributed by atoms with Gasteiger partial charge in [-0.2, -0.15) is 23.2 Å². The first kappa shape index (κ1) is 18.4. The van der Waals surface area contributed by atoms with Crippen molar-refractivity contribution in [2.45, 2.75) is 19.6 Å². The summed E-state index contributed by atoms with van der Waals surface area (Å²) in [6.45, 7) is -0.122. The molecule has 1 N–H and O–H groups in total. The number of pyridine rings is 2. The van der Waals surface area contributed by atoms with Gasteiger partial charge in [0.05, 0.1) is 6.54 Å². The average molecular weight is 382 g/mol. The summed E-state index contributed by atoms with van der Waals surface area (Å²) in [6, 6.07) is 5.55. The van der Waals surface area contributed by atoms with E-state index < -0.39 is 18.7 Å². The van der Waals surface area contributed by atoms with E-state index in [1.54, 1.807) is 0 Å². The second-order valence-corrected chi connectivity index (χ2v) is 5.56. The van der Waals surface area contributed by atoms with Crippen molar-refractivity contribution in [1.29, 1.82) is 0 Å². The largest absolute Gasteiger partial charge is 0.468 e. The second kappa shape index (κ2) is 7.09. The Kier molecular flexibility index (Phi) is 4.84. The monoisotopic (exact) mass is 382 g/mol. The Bertz CT molecular complexity index is 888. The minimum atomic E-state index is -4.49. The van der Waals surface area contributed by atoms with Crippen LogP contribution in [0.25, 0.3) is 0 Å². The molecule has 0 bridgehead atoms. The van der Waals surface area contributed by atoms with Gasteiger partial charge in [-0.05, 0) is 18.2 Å². The van der Waals surface area contributed by atoms with Gasteiger partial charge < -0.3 is 14.9 Å². The van der Waals surface area contributed by atoms with E-state index in [4.69, 9.17) is 4.84 Å². The van der Waals surface area contributed by atoms with Crippen molar-refractivity contribution < 1.29 is 32.3 Å². The number of carbonyl (C=O) groups excluding carboxylic acids is 2. The SMILES string of the molecule is CC(=O)Nc1cc(C(=O)N2Cc3ccc(OCC(F)(F)F)nc3O2)ccn1. The molecular weight excluding hydrogens is 369 g/mol. The third kappa shape index (κ3) is 4.63. The van der Waals surface area contributed by atoms with Crippen LogP contribution in [-0.4, -0.2) is 39.6 Å². The van der Waals surface area contributed by atoms with E-state index in [1.165, 1.54) is 37.4 Å². The normalized spacial score (nSPS) is 13.0. The highest BCUT2D eigenvalue weighted by Gasteiger charge is 2.31. The van der Waals surface area contributed by atoms with E-state index in [9.17, 15) is 22.8 Å². The van der Waals surface area contributed by atoms with Gasteiger partial charge in [0.2, 0.25) is 11.8 Å². The van der Waals surface area contributed by atoms with E-state index in [0.29, 0.717) is 5.56 Å². The first-order valence-corrected chi connectivity index (χ1v) is 7.64. The van der Waals surface area contributed by atoms with Gasteiger partial charge >= 0.3 is 6.18 Å². The Morgan fingerprint density at radius 2 is 2.11 bits per heavy atom. The fraction of sp³-hybridized carbons (Fsp3) is 0.250. The molecule has 2 amide bonds. The van der Waals surface area contributed by atoms with Crippen molar-refractivity contribution in [2.75, 3.05) is 11.9 Å². The van der Waals surface area contributed by atoms with E-state index in [2.05, 4.69) is 20.0 Å². The van der Waals surface area contributed by atoms with Gasteiger partial charge in [-0.15, -0.1) is 0 Å². The third-order valence-corrected chi connectivity index (χ3v) is 3.35. The molecule has 0 aliphatic carbocycles. The number of hydrogen-bond donors (Lipinski definition) is 1. The number of alkyl halides is 3. The summed E-state index contributed by atoms with van der Waals surface area (Å²) in [6.07, 6.45) is -3.14. The quantitative estimate of drug-likeness (QED) is 0.872. The third-order valence-electron chi connectivity index (χ3n) is 3.35. The number of amides is 2. The van der Waals surface area contributed by atoms with Crippen LogP contribution in [0.3, 0.4) is 0 Å². The molecule has 2 aromatic heterocycles. The van der Waals surface area contributed by atoms with Gasteiger partial charge in [0.1, 0.15) is 5.82 Å². The van der Waals surface area contributed by atoms with Crippen LogP contribution in [0.15, 0.2) is 30.5 Å². The summed E-state index contributed by atoms with van der Waals surface area (Å²) in [7, 11) is 0. The molecule has 3 heterocycles. The predicted octanol–water partition coefficient (Wildman–Crippen LogP) is 2.33. The van der Waals surface area contributed by atoms with Gasteiger partial charge in [0.25, 0.3) is 11.8 Å². The highest BCUT2D eigenvalue weighted by molar-refractivity contribution is 5.95. The number of rotatable bonds is 4. The number of ether oxygens (including phenoxy) is 1. The molecule has 0 spiro atoms. The number of anilines is 1. The summed E-state index contributed by atoms with van der Waals surface area (Å²) in [4.78, 5) is 36.7. The van der Waals surface area contributed by atoms with Crippen LogP contribution in [0, 0.1) is 0 Å². The summed E-state index contributed by atoms with van der Waals surface area (Å²) < 4.78 is 41.2. The van der Waals surface area contributed by atoms with Crippen LogP contribution < -0.4 is 14.9 Å². The average Bonchev–Trinajstić information content (AvgIpc) is 3.01. The fourth-order valence-electron chi connectivity index (χ4n) is 2.25. The minimum Gasteiger partial charge on any atom is -0.468 e. The number of fused-ring (bicyclic) bond motifs is 1. The minimum absolute atomic E-state index is 0.0147. The van der Waals surface area contributed by atoms with Crippen molar-refractivity contribution in [3.05, 3.63) is 41.6 Å². The van der Waals surface area contributed by atoms with Crippen LogP contribution in [0.2, 0.25) is 0 Å². The summed E-state index contributed by atoms with van der Waals surface area (Å²) >= 11 is 0. The number of aromatic nitrogens is 2. The van der Waals surface area contributed by atoms with Crippen molar-refractivity contribution in [2.24, 2.45) is 0 Å². The molecule has 0 saturated carbocycles. The van der Waals surface area contributed by atoms with Gasteiger partial charge in [-0.1, -0.05) is 0 Å². The predicted molar refractivity (Wildman–Crippen MR) is 84.8 cm³/mol. The van der Waals surface area contributed by atoms with E-state index >= 15 is 0 Å². The highest BCUT2D eigenvalue weighted by atomic mass is 19.4. The smallest absolute Gasteiger partial charge is 0.422 e. The molecule has 0 fully saturated rings. The van der Waals surface area contributed by atoms with Crippen LogP contribution >= 0.6 is 0 Å². The Balaban J connectivity index is 1.70. The molecule has 11 heteroatoms. The lowest BCUT2D eigenvalue weighted by Crippen LogP contribution is -2.29. The van der Waals surface area contributed by atoms with Gasteiger partial charge in [-0.25, -0.2) is 4.98 Å². The first-order valence-electron chi connectivity index (χ1n) is 7.64. The van der Waals surface area contributed by atoms with Gasteiger partial charge in [0.15, 0.2) is 6.61 Å². The zero-order valence-electron chi connectivity index (χ0n) is 13.9. The number of hydrogen-bond acceptors (Lipinski definition) is 6. The molecular formula is C16H13F3N4O4. The fourth-order valence-corrected chi connectivity index (χ4v) is 2.25. The Labute approximate surface area is 150 Å². The highest BCUT2D eigenvalue weighted by Crippen LogP contribution is 2.30. The summed E-state index contributed by atoms with van der Waals surface area (Å²) in [5, 5.41) is 3.46. The van der Waals surface area contributed by atoms with E-state index in [0.717, 1.165) is 5.06 Å². The van der Waals surface area contributed by atoms with Crippen LogP contribution in [0.1, 0.15) is 22.8 Å². The summed E-state index contributed by atoms with van der Waals surface area (Å²) in [5.41, 5.74) is 0.717. The molecule has 142 valence electrons. The van der Waals surface area contributed by atoms with Gasteiger partial charge in [-0.3, -0.25) is 9.59 Å². The molecule has 1 aliphatic rings. The van der Waals surface area contributed by atoms with Crippen molar-refractivity contribution in [1.82, 2.24) is 15.0 Å². The van der Waals surface area contributed by atoms with Crippen molar-refractivity contribution in [3.8, 4) is 11.8 Å². The molecule has 3 rings (SSSR count). The topological polar surface area (TPSA) is 93.7 Å². The van der Waals surface area contributed by atoms with Crippen LogP contribution in [0.5, 0.6) is 11.8 Å². The lowest BCUT2D eigenvalue weighted by atomic mass is 10.2. The van der Waals surface area contributed by atoms with E-state index in [-0.39, 0.29) is 35.6 Å². The first-order chi connectivity index (χ1) is 12.7. The number of hydroxylamine groups is 2. The Morgan fingerprint density at radius 3 is 2.81 bits per heavy atom.